The van der Waals surface area contributed by atoms with Gasteiger partial charge in [-0.3, -0.25) is 10.1 Å². The molecule has 5 heteroatoms. The van der Waals surface area contributed by atoms with Crippen molar-refractivity contribution in [3.05, 3.63) is 34.1 Å². The van der Waals surface area contributed by atoms with Crippen molar-refractivity contribution in [2.24, 2.45) is 0 Å². The molecule has 0 heterocycles. The van der Waals surface area contributed by atoms with Gasteiger partial charge in [-0.25, -0.2) is 4.39 Å². The number of terminal acetylenes is 1. The molecule has 0 bridgehead atoms. The van der Waals surface area contributed by atoms with Crippen molar-refractivity contribution < 1.29 is 14.1 Å². The Morgan fingerprint density at radius 2 is 2.36 bits per heavy atom. The van der Waals surface area contributed by atoms with Gasteiger partial charge in [-0.15, -0.1) is 6.42 Å². The van der Waals surface area contributed by atoms with E-state index in [4.69, 9.17) is 11.2 Å². The van der Waals surface area contributed by atoms with Gasteiger partial charge in [-0.2, -0.15) is 0 Å². The Morgan fingerprint density at radius 3 is 2.86 bits per heavy atom. The molecule has 0 aliphatic carbocycles. The van der Waals surface area contributed by atoms with Crippen LogP contribution < -0.4 is 4.74 Å². The maximum atomic E-state index is 13.0. The fraction of sp³-hybridized carbons (Fsp3) is 0.111. The lowest BCUT2D eigenvalue weighted by atomic mass is 10.3. The van der Waals surface area contributed by atoms with E-state index in [0.717, 1.165) is 12.1 Å². The number of hydrogen-bond acceptors (Lipinski definition) is 3. The van der Waals surface area contributed by atoms with Crippen molar-refractivity contribution in [1.29, 1.82) is 0 Å². The maximum Gasteiger partial charge on any atom is 0.272 e. The van der Waals surface area contributed by atoms with Crippen molar-refractivity contribution in [2.75, 3.05) is 6.61 Å². The molecular formula is C9H6FNO3. The van der Waals surface area contributed by atoms with Crippen molar-refractivity contribution in [1.82, 2.24) is 0 Å². The number of nitro groups is 1. The molecule has 0 aliphatic rings. The van der Waals surface area contributed by atoms with Crippen LogP contribution >= 0.6 is 0 Å². The van der Waals surface area contributed by atoms with Crippen LogP contribution in [0.25, 0.3) is 0 Å². The third kappa shape index (κ3) is 2.20. The second-order valence-corrected chi connectivity index (χ2v) is 2.36. The van der Waals surface area contributed by atoms with E-state index in [-0.39, 0.29) is 18.0 Å². The van der Waals surface area contributed by atoms with Crippen molar-refractivity contribution in [2.45, 2.75) is 0 Å². The van der Waals surface area contributed by atoms with E-state index in [1.165, 1.54) is 6.07 Å². The minimum Gasteiger partial charge on any atom is -0.478 e. The van der Waals surface area contributed by atoms with Crippen LogP contribution in [-0.4, -0.2) is 11.5 Å². The summed E-state index contributed by atoms with van der Waals surface area (Å²) in [4.78, 5) is 9.56. The largest absolute Gasteiger partial charge is 0.478 e. The first-order chi connectivity index (χ1) is 6.65. The molecule has 0 saturated heterocycles. The highest BCUT2D eigenvalue weighted by atomic mass is 19.1. The van der Waals surface area contributed by atoms with Crippen molar-refractivity contribution in [3.63, 3.8) is 0 Å². The van der Waals surface area contributed by atoms with Gasteiger partial charge >= 0.3 is 0 Å². The van der Waals surface area contributed by atoms with Gasteiger partial charge < -0.3 is 4.74 Å². The lowest BCUT2D eigenvalue weighted by Gasteiger charge is -2.02. The minimum atomic E-state index is -0.797. The standard InChI is InChI=1S/C9H6FNO3/c1-2-5-14-9-4-3-7(11(12)13)6-8(9)10/h1,3-4,6H,5H2. The van der Waals surface area contributed by atoms with Gasteiger partial charge in [0.05, 0.1) is 11.0 Å². The van der Waals surface area contributed by atoms with Gasteiger partial charge in [-0.05, 0) is 6.07 Å². The van der Waals surface area contributed by atoms with Crippen LogP contribution in [0.5, 0.6) is 5.75 Å². The summed E-state index contributed by atoms with van der Waals surface area (Å²) < 4.78 is 17.8. The van der Waals surface area contributed by atoms with Gasteiger partial charge in [0.1, 0.15) is 6.61 Å². The molecule has 1 aromatic rings. The predicted molar refractivity (Wildman–Crippen MR) is 47.4 cm³/mol. The summed E-state index contributed by atoms with van der Waals surface area (Å²) in [5.74, 6) is 1.27. The zero-order chi connectivity index (χ0) is 10.6. The number of rotatable bonds is 3. The molecule has 1 rings (SSSR count). The number of nitro benzene ring substituents is 1. The number of benzene rings is 1. The first kappa shape index (κ1) is 9.99. The fourth-order valence-corrected chi connectivity index (χ4v) is 0.840. The summed E-state index contributed by atoms with van der Waals surface area (Å²) >= 11 is 0. The summed E-state index contributed by atoms with van der Waals surface area (Å²) in [6.07, 6.45) is 4.90. The van der Waals surface area contributed by atoms with E-state index in [1.54, 1.807) is 0 Å². The van der Waals surface area contributed by atoms with E-state index in [2.05, 4.69) is 5.92 Å². The van der Waals surface area contributed by atoms with E-state index < -0.39 is 10.7 Å². The molecule has 0 unspecified atom stereocenters. The summed E-state index contributed by atoms with van der Waals surface area (Å²) in [5.41, 5.74) is -0.324. The number of hydrogen-bond donors (Lipinski definition) is 0. The summed E-state index contributed by atoms with van der Waals surface area (Å²) in [6.45, 7) is -0.0747. The van der Waals surface area contributed by atoms with Gasteiger partial charge in [0.15, 0.2) is 11.6 Å². The first-order valence-electron chi connectivity index (χ1n) is 3.65. The van der Waals surface area contributed by atoms with Gasteiger partial charge in [0, 0.05) is 6.07 Å². The lowest BCUT2D eigenvalue weighted by molar-refractivity contribution is -0.385. The van der Waals surface area contributed by atoms with Crippen LogP contribution in [-0.2, 0) is 0 Å². The number of ether oxygens (including phenoxy) is 1. The molecule has 0 radical (unpaired) electrons. The molecule has 1 aromatic carbocycles. The molecule has 72 valence electrons. The van der Waals surface area contributed by atoms with Crippen molar-refractivity contribution in [3.8, 4) is 18.1 Å². The molecule has 0 N–H and O–H groups in total. The molecule has 0 atom stereocenters. The van der Waals surface area contributed by atoms with Crippen LogP contribution in [0, 0.1) is 28.3 Å². The lowest BCUT2D eigenvalue weighted by Crippen LogP contribution is -1.97. The third-order valence-corrected chi connectivity index (χ3v) is 1.44. The van der Waals surface area contributed by atoms with Gasteiger partial charge in [-0.1, -0.05) is 5.92 Å². The molecule has 0 aromatic heterocycles. The highest BCUT2D eigenvalue weighted by molar-refractivity contribution is 5.37. The van der Waals surface area contributed by atoms with Gasteiger partial charge in [0.2, 0.25) is 0 Å². The molecule has 0 spiro atoms. The van der Waals surface area contributed by atoms with Crippen LogP contribution in [0.4, 0.5) is 10.1 Å². The highest BCUT2D eigenvalue weighted by Gasteiger charge is 2.10. The van der Waals surface area contributed by atoms with Crippen molar-refractivity contribution >= 4 is 5.69 Å². The summed E-state index contributed by atoms with van der Waals surface area (Å²) in [7, 11) is 0. The Morgan fingerprint density at radius 1 is 1.64 bits per heavy atom. The Balaban J connectivity index is 2.91. The maximum absolute atomic E-state index is 13.0. The molecule has 14 heavy (non-hydrogen) atoms. The van der Waals surface area contributed by atoms with Crippen LogP contribution in [0.1, 0.15) is 0 Å². The zero-order valence-electron chi connectivity index (χ0n) is 7.07. The Hall–Kier alpha value is -2.09. The predicted octanol–water partition coefficient (Wildman–Crippen LogP) is 1.75. The summed E-state index contributed by atoms with van der Waals surface area (Å²) in [5, 5.41) is 10.2. The first-order valence-corrected chi connectivity index (χ1v) is 3.65. The normalized spacial score (nSPS) is 9.14. The third-order valence-electron chi connectivity index (χ3n) is 1.44. The smallest absolute Gasteiger partial charge is 0.272 e. The van der Waals surface area contributed by atoms with E-state index in [1.807, 2.05) is 0 Å². The second kappa shape index (κ2) is 4.23. The summed E-state index contributed by atoms with van der Waals surface area (Å²) in [6, 6.07) is 3.10. The second-order valence-electron chi connectivity index (χ2n) is 2.36. The quantitative estimate of drug-likeness (QED) is 0.419. The number of nitrogens with zero attached hydrogens (tertiary/aromatic N) is 1. The molecule has 0 saturated carbocycles. The Kier molecular flexibility index (Phi) is 3.02. The highest BCUT2D eigenvalue weighted by Crippen LogP contribution is 2.22. The SMILES string of the molecule is C#CCOc1ccc([N+](=O)[O-])cc1F. The Bertz CT molecular complexity index is 398. The average Bonchev–Trinajstić information content (AvgIpc) is 2.15. The molecule has 0 amide bonds. The fourth-order valence-electron chi connectivity index (χ4n) is 0.840. The van der Waals surface area contributed by atoms with Gasteiger partial charge in [0.25, 0.3) is 5.69 Å². The number of non-ortho nitro benzene ring substituents is 1. The van der Waals surface area contributed by atoms with E-state index in [0.29, 0.717) is 0 Å². The minimum absolute atomic E-state index is 0.0747. The average molecular weight is 195 g/mol. The topological polar surface area (TPSA) is 52.4 Å². The molecule has 0 fully saturated rings. The number of halogens is 1. The molecule has 0 aliphatic heterocycles. The van der Waals surface area contributed by atoms with Crippen LogP contribution in [0.3, 0.4) is 0 Å². The van der Waals surface area contributed by atoms with E-state index in [9.17, 15) is 14.5 Å². The zero-order valence-corrected chi connectivity index (χ0v) is 7.07. The molecular weight excluding hydrogens is 189 g/mol. The van der Waals surface area contributed by atoms with E-state index >= 15 is 0 Å². The molecule has 4 nitrogen and oxygen atoms in total. The Labute approximate surface area is 79.5 Å². The van der Waals surface area contributed by atoms with Crippen LogP contribution in [0.2, 0.25) is 0 Å². The monoisotopic (exact) mass is 195 g/mol. The van der Waals surface area contributed by atoms with Crippen LogP contribution in [0.15, 0.2) is 18.2 Å².